The van der Waals surface area contributed by atoms with E-state index in [0.717, 1.165) is 22.1 Å². The average molecular weight is 325 g/mol. The zero-order chi connectivity index (χ0) is 15.0. The quantitative estimate of drug-likeness (QED) is 0.394. The topological polar surface area (TPSA) is 37.3 Å². The number of nitrogens with one attached hydrogen (secondary N) is 1. The maximum absolute atomic E-state index is 4.52. The Kier molecular flexibility index (Phi) is 5.23. The monoisotopic (exact) mass is 325 g/mol. The van der Waals surface area contributed by atoms with Gasteiger partial charge in [0, 0.05) is 27.8 Å². The molecule has 2 aromatic carbocycles. The van der Waals surface area contributed by atoms with Crippen LogP contribution in [0.5, 0.6) is 0 Å². The molecule has 3 nitrogen and oxygen atoms in total. The second kappa shape index (κ2) is 7.77. The fourth-order valence-electron chi connectivity index (χ4n) is 1.85. The fourth-order valence-corrected chi connectivity index (χ4v) is 3.21. The van der Waals surface area contributed by atoms with Crippen LogP contribution >= 0.6 is 23.1 Å². The van der Waals surface area contributed by atoms with Crippen LogP contribution in [0, 0.1) is 0 Å². The summed E-state index contributed by atoms with van der Waals surface area (Å²) in [5, 5.41) is 7.05. The molecule has 110 valence electrons. The van der Waals surface area contributed by atoms with Gasteiger partial charge in [-0.05, 0) is 12.1 Å². The third-order valence-electron chi connectivity index (χ3n) is 2.89. The predicted molar refractivity (Wildman–Crippen MR) is 96.8 cm³/mol. The number of thiazole rings is 1. The number of anilines is 1. The summed E-state index contributed by atoms with van der Waals surface area (Å²) < 4.78 is 0. The van der Waals surface area contributed by atoms with Crippen LogP contribution in [0.4, 0.5) is 5.13 Å². The van der Waals surface area contributed by atoms with Crippen LogP contribution in [0.15, 0.2) is 76.0 Å². The minimum Gasteiger partial charge on any atom is -0.253 e. The van der Waals surface area contributed by atoms with Crippen molar-refractivity contribution in [2.24, 2.45) is 5.10 Å². The maximum atomic E-state index is 4.52. The van der Waals surface area contributed by atoms with E-state index in [-0.39, 0.29) is 0 Å². The summed E-state index contributed by atoms with van der Waals surface area (Å²) in [5.41, 5.74) is 5.08. The summed E-state index contributed by atoms with van der Waals surface area (Å²) in [6, 6.07) is 20.4. The average Bonchev–Trinajstić information content (AvgIpc) is 3.05. The summed E-state index contributed by atoms with van der Waals surface area (Å²) >= 11 is 3.31. The van der Waals surface area contributed by atoms with Gasteiger partial charge < -0.3 is 0 Å². The molecular weight excluding hydrogens is 310 g/mol. The second-order valence-electron chi connectivity index (χ2n) is 4.45. The normalized spacial score (nSPS) is 10.9. The van der Waals surface area contributed by atoms with Crippen molar-refractivity contribution in [3.05, 3.63) is 66.0 Å². The van der Waals surface area contributed by atoms with Gasteiger partial charge in [-0.2, -0.15) is 5.10 Å². The van der Waals surface area contributed by atoms with E-state index in [0.29, 0.717) is 0 Å². The molecule has 0 aliphatic heterocycles. The molecule has 0 atom stereocenters. The first-order chi connectivity index (χ1) is 10.9. The highest BCUT2D eigenvalue weighted by Gasteiger charge is 2.02. The number of nitrogens with zero attached hydrogens (tertiary/aromatic N) is 2. The third kappa shape index (κ3) is 4.19. The molecule has 0 bridgehead atoms. The summed E-state index contributed by atoms with van der Waals surface area (Å²) in [6.07, 6.45) is 1.86. The van der Waals surface area contributed by atoms with E-state index < -0.39 is 0 Å². The van der Waals surface area contributed by atoms with Gasteiger partial charge >= 0.3 is 0 Å². The maximum Gasteiger partial charge on any atom is 0.203 e. The molecule has 22 heavy (non-hydrogen) atoms. The summed E-state index contributed by atoms with van der Waals surface area (Å²) in [4.78, 5) is 5.77. The lowest BCUT2D eigenvalue weighted by Crippen LogP contribution is -1.90. The molecule has 0 fully saturated rings. The SMILES string of the molecule is C(/CSc1ccccc1)=N\Nc1nc(-c2ccccc2)cs1. The molecule has 0 aliphatic carbocycles. The Morgan fingerprint density at radius 2 is 1.77 bits per heavy atom. The van der Waals surface area contributed by atoms with Crippen LogP contribution in [0.1, 0.15) is 0 Å². The zero-order valence-corrected chi connectivity index (χ0v) is 13.5. The van der Waals surface area contributed by atoms with Gasteiger partial charge in [0.1, 0.15) is 0 Å². The van der Waals surface area contributed by atoms with Crippen LogP contribution in [0.3, 0.4) is 0 Å². The molecule has 3 aromatic rings. The van der Waals surface area contributed by atoms with Gasteiger partial charge in [0.15, 0.2) is 0 Å². The molecule has 0 amide bonds. The molecule has 0 saturated carbocycles. The van der Waals surface area contributed by atoms with E-state index in [1.165, 1.54) is 4.90 Å². The number of benzene rings is 2. The molecule has 5 heteroatoms. The molecule has 0 unspecified atom stereocenters. The lowest BCUT2D eigenvalue weighted by atomic mass is 10.2. The van der Waals surface area contributed by atoms with E-state index >= 15 is 0 Å². The smallest absolute Gasteiger partial charge is 0.203 e. The van der Waals surface area contributed by atoms with E-state index in [1.807, 2.05) is 48.0 Å². The van der Waals surface area contributed by atoms with Gasteiger partial charge in [-0.25, -0.2) is 4.98 Å². The highest BCUT2D eigenvalue weighted by molar-refractivity contribution is 7.99. The van der Waals surface area contributed by atoms with Crippen LogP contribution in [-0.2, 0) is 0 Å². The molecular formula is C17H15N3S2. The van der Waals surface area contributed by atoms with Gasteiger partial charge in [-0.3, -0.25) is 5.43 Å². The lowest BCUT2D eigenvalue weighted by molar-refractivity contribution is 1.29. The number of aromatic nitrogens is 1. The van der Waals surface area contributed by atoms with Gasteiger partial charge in [-0.1, -0.05) is 48.5 Å². The van der Waals surface area contributed by atoms with Crippen LogP contribution in [0.25, 0.3) is 11.3 Å². The number of hydrazone groups is 1. The van der Waals surface area contributed by atoms with Crippen molar-refractivity contribution in [3.63, 3.8) is 0 Å². The van der Waals surface area contributed by atoms with Gasteiger partial charge in [0.25, 0.3) is 0 Å². The van der Waals surface area contributed by atoms with Gasteiger partial charge in [0.2, 0.25) is 5.13 Å². The minimum atomic E-state index is 0.805. The molecule has 0 saturated heterocycles. The molecule has 3 rings (SSSR count). The van der Waals surface area contributed by atoms with Crippen molar-refractivity contribution >= 4 is 34.4 Å². The molecule has 1 N–H and O–H groups in total. The Bertz CT molecular complexity index is 724. The number of hydrogen-bond acceptors (Lipinski definition) is 5. The number of thioether (sulfide) groups is 1. The van der Waals surface area contributed by atoms with Crippen molar-refractivity contribution < 1.29 is 0 Å². The number of hydrogen-bond donors (Lipinski definition) is 1. The van der Waals surface area contributed by atoms with Gasteiger partial charge in [0.05, 0.1) is 5.69 Å². The van der Waals surface area contributed by atoms with Crippen molar-refractivity contribution in [1.82, 2.24) is 4.98 Å². The van der Waals surface area contributed by atoms with E-state index in [1.54, 1.807) is 23.1 Å². The highest BCUT2D eigenvalue weighted by Crippen LogP contribution is 2.24. The van der Waals surface area contributed by atoms with Crippen molar-refractivity contribution in [2.75, 3.05) is 11.2 Å². The number of rotatable bonds is 6. The summed E-state index contributed by atoms with van der Waals surface area (Å²) in [6.45, 7) is 0. The first-order valence-corrected chi connectivity index (χ1v) is 8.75. The molecule has 1 aromatic heterocycles. The Hall–Kier alpha value is -2.11. The van der Waals surface area contributed by atoms with Crippen molar-refractivity contribution in [1.29, 1.82) is 0 Å². The highest BCUT2D eigenvalue weighted by atomic mass is 32.2. The standard InChI is InChI=1S/C17H15N3S2/c1-3-7-14(8-4-1)16-13-22-17(19-16)20-18-11-12-21-15-9-5-2-6-10-15/h1-11,13H,12H2,(H,19,20)/b18-11+. The largest absolute Gasteiger partial charge is 0.253 e. The van der Waals surface area contributed by atoms with Crippen molar-refractivity contribution in [3.8, 4) is 11.3 Å². The Morgan fingerprint density at radius 1 is 1.05 bits per heavy atom. The molecule has 1 heterocycles. The minimum absolute atomic E-state index is 0.805. The van der Waals surface area contributed by atoms with Gasteiger partial charge in [-0.15, -0.1) is 23.1 Å². The summed E-state index contributed by atoms with van der Waals surface area (Å²) in [5.74, 6) is 0.827. The van der Waals surface area contributed by atoms with E-state index in [9.17, 15) is 0 Å². The Labute approximate surface area is 138 Å². The first-order valence-electron chi connectivity index (χ1n) is 6.88. The Morgan fingerprint density at radius 3 is 2.55 bits per heavy atom. The molecule has 0 radical (unpaired) electrons. The van der Waals surface area contributed by atoms with Crippen LogP contribution in [-0.4, -0.2) is 17.0 Å². The van der Waals surface area contributed by atoms with Crippen molar-refractivity contribution in [2.45, 2.75) is 4.90 Å². The summed E-state index contributed by atoms with van der Waals surface area (Å²) in [7, 11) is 0. The molecule has 0 aliphatic rings. The Balaban J connectivity index is 1.50. The van der Waals surface area contributed by atoms with E-state index in [2.05, 4.69) is 39.8 Å². The first kappa shape index (κ1) is 14.8. The lowest BCUT2D eigenvalue weighted by Gasteiger charge is -1.97. The second-order valence-corrected chi connectivity index (χ2v) is 6.40. The van der Waals surface area contributed by atoms with E-state index in [4.69, 9.17) is 0 Å². The fraction of sp³-hybridized carbons (Fsp3) is 0.0588. The third-order valence-corrected chi connectivity index (χ3v) is 4.56. The van der Waals surface area contributed by atoms with Crippen LogP contribution in [0.2, 0.25) is 0 Å². The van der Waals surface area contributed by atoms with Crippen LogP contribution < -0.4 is 5.43 Å². The molecule has 0 spiro atoms. The predicted octanol–water partition coefficient (Wildman–Crippen LogP) is 5.00. The zero-order valence-electron chi connectivity index (χ0n) is 11.8.